The Labute approximate surface area is 156 Å². The number of esters is 1. The van der Waals surface area contributed by atoms with E-state index in [2.05, 4.69) is 21.2 Å². The number of halogens is 2. The standard InChI is InChI=1S/C18H25BrFNO4/c1-17(2,3)24-15(22)14(21-16(23)25-18(4,5)6)10-11-12(19)8-7-9-13(11)20/h7-9,14H,10H2,1-6H3,(H,21,23). The fourth-order valence-electron chi connectivity index (χ4n) is 1.95. The maximum absolute atomic E-state index is 14.1. The first-order valence-corrected chi connectivity index (χ1v) is 8.73. The second-order valence-corrected chi connectivity index (χ2v) is 8.49. The largest absolute Gasteiger partial charge is 0.458 e. The van der Waals surface area contributed by atoms with Crippen molar-refractivity contribution in [2.75, 3.05) is 0 Å². The van der Waals surface area contributed by atoms with Crippen LogP contribution in [0.25, 0.3) is 0 Å². The van der Waals surface area contributed by atoms with Gasteiger partial charge in [0.1, 0.15) is 23.1 Å². The Morgan fingerprint density at radius 3 is 2.16 bits per heavy atom. The van der Waals surface area contributed by atoms with Gasteiger partial charge in [-0.3, -0.25) is 0 Å². The molecule has 0 saturated carbocycles. The van der Waals surface area contributed by atoms with Crippen LogP contribution in [0, 0.1) is 5.82 Å². The summed E-state index contributed by atoms with van der Waals surface area (Å²) in [6, 6.07) is 3.42. The zero-order valence-electron chi connectivity index (χ0n) is 15.4. The van der Waals surface area contributed by atoms with E-state index in [0.717, 1.165) is 0 Å². The molecule has 1 aromatic carbocycles. The normalized spacial score (nSPS) is 13.1. The topological polar surface area (TPSA) is 64.6 Å². The van der Waals surface area contributed by atoms with Crippen LogP contribution in [0.3, 0.4) is 0 Å². The Balaban J connectivity index is 3.02. The van der Waals surface area contributed by atoms with Crippen molar-refractivity contribution in [1.29, 1.82) is 0 Å². The molecule has 0 bridgehead atoms. The summed E-state index contributed by atoms with van der Waals surface area (Å²) in [7, 11) is 0. The minimum atomic E-state index is -1.08. The SMILES string of the molecule is CC(C)(C)OC(=O)NC(Cc1c(F)cccc1Br)C(=O)OC(C)(C)C. The number of hydrogen-bond donors (Lipinski definition) is 1. The van der Waals surface area contributed by atoms with E-state index in [-0.39, 0.29) is 12.0 Å². The molecule has 0 spiro atoms. The summed E-state index contributed by atoms with van der Waals surface area (Å²) >= 11 is 3.27. The highest BCUT2D eigenvalue weighted by Gasteiger charge is 2.30. The number of benzene rings is 1. The van der Waals surface area contributed by atoms with Crippen molar-refractivity contribution in [3.8, 4) is 0 Å². The van der Waals surface area contributed by atoms with Gasteiger partial charge in [0.25, 0.3) is 0 Å². The van der Waals surface area contributed by atoms with Gasteiger partial charge in [0.05, 0.1) is 0 Å². The summed E-state index contributed by atoms with van der Waals surface area (Å²) in [5.74, 6) is -1.14. The molecule has 0 aliphatic heterocycles. The molecule has 1 atom stereocenters. The first kappa shape index (κ1) is 21.4. The van der Waals surface area contributed by atoms with Gasteiger partial charge in [-0.25, -0.2) is 14.0 Å². The Morgan fingerprint density at radius 1 is 1.12 bits per heavy atom. The van der Waals surface area contributed by atoms with Crippen molar-refractivity contribution < 1.29 is 23.5 Å². The van der Waals surface area contributed by atoms with Gasteiger partial charge >= 0.3 is 12.1 Å². The number of amides is 1. The lowest BCUT2D eigenvalue weighted by Gasteiger charge is -2.26. The highest BCUT2D eigenvalue weighted by Crippen LogP contribution is 2.22. The van der Waals surface area contributed by atoms with Crippen LogP contribution in [0.2, 0.25) is 0 Å². The molecule has 0 saturated heterocycles. The first-order valence-electron chi connectivity index (χ1n) is 7.94. The molecule has 140 valence electrons. The van der Waals surface area contributed by atoms with Gasteiger partial charge in [0.15, 0.2) is 0 Å². The molecular weight excluding hydrogens is 393 g/mol. The van der Waals surface area contributed by atoms with E-state index >= 15 is 0 Å². The Kier molecular flexibility index (Phi) is 6.99. The first-order chi connectivity index (χ1) is 11.3. The Bertz CT molecular complexity index is 615. The van der Waals surface area contributed by atoms with E-state index in [1.165, 1.54) is 6.07 Å². The van der Waals surface area contributed by atoms with Gasteiger partial charge in [-0.2, -0.15) is 0 Å². The zero-order chi connectivity index (χ0) is 19.4. The van der Waals surface area contributed by atoms with Crippen LogP contribution < -0.4 is 5.32 Å². The molecule has 0 aromatic heterocycles. The molecule has 25 heavy (non-hydrogen) atoms. The minimum absolute atomic E-state index is 0.0680. The average molecular weight is 418 g/mol. The second-order valence-electron chi connectivity index (χ2n) is 7.64. The van der Waals surface area contributed by atoms with E-state index in [1.54, 1.807) is 53.7 Å². The molecule has 0 aliphatic carbocycles. The third-order valence-electron chi connectivity index (χ3n) is 2.85. The molecule has 0 aliphatic rings. The van der Waals surface area contributed by atoms with Crippen LogP contribution in [-0.2, 0) is 20.7 Å². The van der Waals surface area contributed by atoms with Crippen molar-refractivity contribution >= 4 is 28.0 Å². The van der Waals surface area contributed by atoms with Gasteiger partial charge < -0.3 is 14.8 Å². The zero-order valence-corrected chi connectivity index (χ0v) is 17.0. The molecule has 0 heterocycles. The molecular formula is C18H25BrFNO4. The predicted octanol–water partition coefficient (Wildman–Crippen LogP) is 4.37. The lowest BCUT2D eigenvalue weighted by Crippen LogP contribution is -2.47. The van der Waals surface area contributed by atoms with Crippen molar-refractivity contribution in [1.82, 2.24) is 5.32 Å². The molecule has 1 unspecified atom stereocenters. The molecule has 5 nitrogen and oxygen atoms in total. The molecule has 1 aromatic rings. The number of hydrogen-bond acceptors (Lipinski definition) is 4. The van der Waals surface area contributed by atoms with Crippen LogP contribution in [0.1, 0.15) is 47.1 Å². The van der Waals surface area contributed by atoms with Crippen molar-refractivity contribution in [3.63, 3.8) is 0 Å². The number of carbonyl (C=O) groups is 2. The fraction of sp³-hybridized carbons (Fsp3) is 0.556. The quantitative estimate of drug-likeness (QED) is 0.738. The van der Waals surface area contributed by atoms with Crippen molar-refractivity contribution in [3.05, 3.63) is 34.1 Å². The van der Waals surface area contributed by atoms with Gasteiger partial charge in [-0.1, -0.05) is 22.0 Å². The van der Waals surface area contributed by atoms with Crippen LogP contribution in [-0.4, -0.2) is 29.3 Å². The molecule has 1 rings (SSSR count). The monoisotopic (exact) mass is 417 g/mol. The number of nitrogens with one attached hydrogen (secondary N) is 1. The van der Waals surface area contributed by atoms with Crippen LogP contribution in [0.4, 0.5) is 9.18 Å². The molecule has 7 heteroatoms. The summed E-state index contributed by atoms with van der Waals surface area (Å²) < 4.78 is 25.1. The van der Waals surface area contributed by atoms with Crippen molar-refractivity contribution in [2.24, 2.45) is 0 Å². The summed E-state index contributed by atoms with van der Waals surface area (Å²) in [5, 5.41) is 2.48. The smallest absolute Gasteiger partial charge is 0.408 e. The summed E-state index contributed by atoms with van der Waals surface area (Å²) in [4.78, 5) is 24.5. The van der Waals surface area contributed by atoms with Gasteiger partial charge in [0.2, 0.25) is 0 Å². The summed E-state index contributed by atoms with van der Waals surface area (Å²) in [6.45, 7) is 10.3. The van der Waals surface area contributed by atoms with E-state index in [4.69, 9.17) is 9.47 Å². The molecule has 0 radical (unpaired) electrons. The van der Waals surface area contributed by atoms with E-state index < -0.39 is 35.1 Å². The molecule has 0 fully saturated rings. The molecule has 1 N–H and O–H groups in total. The van der Waals surface area contributed by atoms with E-state index in [9.17, 15) is 14.0 Å². The fourth-order valence-corrected chi connectivity index (χ4v) is 2.45. The van der Waals surface area contributed by atoms with Crippen molar-refractivity contribution in [2.45, 2.75) is 65.2 Å². The number of ether oxygens (including phenoxy) is 2. The van der Waals surface area contributed by atoms with Gasteiger partial charge in [-0.05, 0) is 53.7 Å². The number of alkyl carbamates (subject to hydrolysis) is 1. The van der Waals surface area contributed by atoms with E-state index in [1.807, 2.05) is 0 Å². The summed E-state index contributed by atoms with van der Waals surface area (Å²) in [5.41, 5.74) is -1.19. The lowest BCUT2D eigenvalue weighted by atomic mass is 10.0. The van der Waals surface area contributed by atoms with Crippen LogP contribution in [0.15, 0.2) is 22.7 Å². The average Bonchev–Trinajstić information content (AvgIpc) is 2.37. The Hall–Kier alpha value is -1.63. The third-order valence-corrected chi connectivity index (χ3v) is 3.60. The minimum Gasteiger partial charge on any atom is -0.458 e. The molecule has 1 amide bonds. The maximum Gasteiger partial charge on any atom is 0.408 e. The van der Waals surface area contributed by atoms with Crippen LogP contribution in [0.5, 0.6) is 0 Å². The second kappa shape index (κ2) is 8.17. The summed E-state index contributed by atoms with van der Waals surface area (Å²) in [6.07, 6.45) is -0.836. The highest BCUT2D eigenvalue weighted by atomic mass is 79.9. The van der Waals surface area contributed by atoms with E-state index in [0.29, 0.717) is 4.47 Å². The van der Waals surface area contributed by atoms with Crippen LogP contribution >= 0.6 is 15.9 Å². The number of rotatable bonds is 4. The maximum atomic E-state index is 14.1. The highest BCUT2D eigenvalue weighted by molar-refractivity contribution is 9.10. The van der Waals surface area contributed by atoms with Gasteiger partial charge in [-0.15, -0.1) is 0 Å². The predicted molar refractivity (Wildman–Crippen MR) is 96.8 cm³/mol. The Morgan fingerprint density at radius 2 is 1.68 bits per heavy atom. The third kappa shape index (κ3) is 7.86. The lowest BCUT2D eigenvalue weighted by molar-refractivity contribution is -0.157. The number of carbonyl (C=O) groups excluding carboxylic acids is 2. The van der Waals surface area contributed by atoms with Gasteiger partial charge in [0, 0.05) is 16.5 Å².